The molecule has 0 fully saturated rings. The number of methoxy groups -OCH3 is 1. The van der Waals surface area contributed by atoms with Crippen molar-refractivity contribution in [3.8, 4) is 22.8 Å². The van der Waals surface area contributed by atoms with Crippen LogP contribution in [-0.2, 0) is 5.75 Å². The monoisotopic (exact) mass is 413 g/mol. The number of aryl methyl sites for hydroxylation is 1. The summed E-state index contributed by atoms with van der Waals surface area (Å²) < 4.78 is 12.7. The van der Waals surface area contributed by atoms with Gasteiger partial charge in [-0.25, -0.2) is 0 Å². The SMILES string of the molecule is COc1ccc(-n2c(SCc3nnc(C)o3)nnc2-c2ccccc2)cc1Cl. The predicted octanol–water partition coefficient (Wildman–Crippen LogP) is 4.58. The number of aromatic nitrogens is 5. The van der Waals surface area contributed by atoms with Gasteiger partial charge >= 0.3 is 0 Å². The topological polar surface area (TPSA) is 78.9 Å². The molecular weight excluding hydrogens is 398 g/mol. The average Bonchev–Trinajstić information content (AvgIpc) is 3.33. The molecule has 0 bridgehead atoms. The van der Waals surface area contributed by atoms with Crippen LogP contribution in [0.15, 0.2) is 58.1 Å². The molecule has 0 aliphatic carbocycles. The summed E-state index contributed by atoms with van der Waals surface area (Å²) in [6.07, 6.45) is 0. The molecule has 0 spiro atoms. The van der Waals surface area contributed by atoms with Gasteiger partial charge in [-0.1, -0.05) is 53.7 Å². The first-order valence-electron chi connectivity index (χ1n) is 8.42. The van der Waals surface area contributed by atoms with Crippen LogP contribution in [0.4, 0.5) is 0 Å². The molecule has 0 saturated heterocycles. The smallest absolute Gasteiger partial charge is 0.226 e. The Balaban J connectivity index is 1.76. The van der Waals surface area contributed by atoms with Crippen molar-refractivity contribution in [3.63, 3.8) is 0 Å². The zero-order valence-corrected chi connectivity index (χ0v) is 16.7. The lowest BCUT2D eigenvalue weighted by molar-refractivity contribution is 0.415. The van der Waals surface area contributed by atoms with Gasteiger partial charge in [-0.2, -0.15) is 0 Å². The average molecular weight is 414 g/mol. The third-order valence-corrected chi connectivity index (χ3v) is 5.16. The molecule has 2 aromatic carbocycles. The summed E-state index contributed by atoms with van der Waals surface area (Å²) >= 11 is 7.81. The fourth-order valence-corrected chi connectivity index (χ4v) is 3.73. The molecule has 0 radical (unpaired) electrons. The highest BCUT2D eigenvalue weighted by molar-refractivity contribution is 7.98. The Kier molecular flexibility index (Phi) is 5.31. The molecule has 0 unspecified atom stereocenters. The third kappa shape index (κ3) is 3.74. The lowest BCUT2D eigenvalue weighted by Gasteiger charge is -2.12. The van der Waals surface area contributed by atoms with Gasteiger partial charge in [-0.15, -0.1) is 20.4 Å². The van der Waals surface area contributed by atoms with E-state index in [-0.39, 0.29) is 0 Å². The van der Waals surface area contributed by atoms with Gasteiger partial charge in [0.25, 0.3) is 0 Å². The van der Waals surface area contributed by atoms with E-state index in [2.05, 4.69) is 20.4 Å². The van der Waals surface area contributed by atoms with Crippen LogP contribution in [0.3, 0.4) is 0 Å². The van der Waals surface area contributed by atoms with E-state index >= 15 is 0 Å². The van der Waals surface area contributed by atoms with Crippen LogP contribution in [-0.4, -0.2) is 32.1 Å². The highest BCUT2D eigenvalue weighted by Crippen LogP contribution is 2.33. The highest BCUT2D eigenvalue weighted by Gasteiger charge is 2.18. The second-order valence-electron chi connectivity index (χ2n) is 5.83. The van der Waals surface area contributed by atoms with Gasteiger partial charge in [-0.3, -0.25) is 4.57 Å². The molecule has 4 aromatic rings. The van der Waals surface area contributed by atoms with Crippen molar-refractivity contribution in [1.82, 2.24) is 25.0 Å². The Bertz CT molecular complexity index is 1100. The largest absolute Gasteiger partial charge is 0.495 e. The normalized spacial score (nSPS) is 11.0. The number of rotatable bonds is 6. The second-order valence-corrected chi connectivity index (χ2v) is 7.18. The van der Waals surface area contributed by atoms with Gasteiger partial charge in [-0.05, 0) is 18.2 Å². The molecular formula is C19H16ClN5O2S. The van der Waals surface area contributed by atoms with Gasteiger partial charge in [0.2, 0.25) is 11.8 Å². The molecule has 0 aliphatic heterocycles. The van der Waals surface area contributed by atoms with Crippen molar-refractivity contribution in [1.29, 1.82) is 0 Å². The minimum absolute atomic E-state index is 0.484. The maximum Gasteiger partial charge on any atom is 0.226 e. The molecule has 2 aromatic heterocycles. The summed E-state index contributed by atoms with van der Waals surface area (Å²) in [5.74, 6) is 2.87. The fourth-order valence-electron chi connectivity index (χ4n) is 2.69. The summed E-state index contributed by atoms with van der Waals surface area (Å²) in [6, 6.07) is 15.4. The van der Waals surface area contributed by atoms with Crippen LogP contribution in [0, 0.1) is 6.92 Å². The maximum atomic E-state index is 6.35. The molecule has 7 nitrogen and oxygen atoms in total. The summed E-state index contributed by atoms with van der Waals surface area (Å²) in [5, 5.41) is 17.9. The minimum Gasteiger partial charge on any atom is -0.495 e. The molecule has 142 valence electrons. The van der Waals surface area contributed by atoms with Crippen molar-refractivity contribution >= 4 is 23.4 Å². The molecule has 0 saturated carbocycles. The van der Waals surface area contributed by atoms with Crippen LogP contribution in [0.1, 0.15) is 11.8 Å². The van der Waals surface area contributed by atoms with Crippen LogP contribution >= 0.6 is 23.4 Å². The molecule has 9 heteroatoms. The first kappa shape index (κ1) is 18.5. The molecule has 0 N–H and O–H groups in total. The van der Waals surface area contributed by atoms with E-state index in [1.165, 1.54) is 11.8 Å². The Morgan fingerprint density at radius 3 is 2.57 bits per heavy atom. The minimum atomic E-state index is 0.484. The number of halogens is 1. The van der Waals surface area contributed by atoms with Crippen LogP contribution in [0.5, 0.6) is 5.75 Å². The van der Waals surface area contributed by atoms with E-state index < -0.39 is 0 Å². The summed E-state index contributed by atoms with van der Waals surface area (Å²) in [6.45, 7) is 1.76. The Hall–Kier alpha value is -2.84. The Morgan fingerprint density at radius 1 is 1.07 bits per heavy atom. The summed E-state index contributed by atoms with van der Waals surface area (Å²) in [5.41, 5.74) is 1.78. The van der Waals surface area contributed by atoms with Crippen LogP contribution < -0.4 is 4.74 Å². The van der Waals surface area contributed by atoms with E-state index in [4.69, 9.17) is 20.8 Å². The standard InChI is InChI=1S/C19H16ClN5O2S/c1-12-21-22-17(27-12)11-28-19-24-23-18(13-6-4-3-5-7-13)25(19)14-8-9-16(26-2)15(20)10-14/h3-10H,11H2,1-2H3. The quantitative estimate of drug-likeness (QED) is 0.428. The number of hydrogen-bond donors (Lipinski definition) is 0. The number of ether oxygens (including phenoxy) is 1. The van der Waals surface area contributed by atoms with Crippen LogP contribution in [0.2, 0.25) is 5.02 Å². The highest BCUT2D eigenvalue weighted by atomic mass is 35.5. The van der Waals surface area contributed by atoms with E-state index in [9.17, 15) is 0 Å². The number of hydrogen-bond acceptors (Lipinski definition) is 7. The van der Waals surface area contributed by atoms with Crippen LogP contribution in [0.25, 0.3) is 17.1 Å². The fraction of sp³-hybridized carbons (Fsp3) is 0.158. The van der Waals surface area contributed by atoms with Gasteiger partial charge < -0.3 is 9.15 Å². The molecule has 0 aliphatic rings. The van der Waals surface area contributed by atoms with Gasteiger partial charge in [0.05, 0.1) is 23.6 Å². The van der Waals surface area contributed by atoms with E-state index in [0.29, 0.717) is 39.3 Å². The molecule has 28 heavy (non-hydrogen) atoms. The maximum absolute atomic E-state index is 6.35. The number of thioether (sulfide) groups is 1. The Morgan fingerprint density at radius 2 is 1.89 bits per heavy atom. The zero-order chi connectivity index (χ0) is 19.5. The summed E-state index contributed by atoms with van der Waals surface area (Å²) in [4.78, 5) is 0. The lowest BCUT2D eigenvalue weighted by atomic mass is 10.2. The van der Waals surface area contributed by atoms with Crippen molar-refractivity contribution in [2.45, 2.75) is 17.8 Å². The number of nitrogens with zero attached hydrogens (tertiary/aromatic N) is 5. The van der Waals surface area contributed by atoms with Gasteiger partial charge in [0.1, 0.15) is 5.75 Å². The number of benzene rings is 2. The van der Waals surface area contributed by atoms with Crippen molar-refractivity contribution in [3.05, 3.63) is 65.3 Å². The molecule has 0 atom stereocenters. The third-order valence-electron chi connectivity index (χ3n) is 3.95. The lowest BCUT2D eigenvalue weighted by Crippen LogP contribution is -2.00. The summed E-state index contributed by atoms with van der Waals surface area (Å²) in [7, 11) is 1.59. The van der Waals surface area contributed by atoms with Crippen molar-refractivity contribution < 1.29 is 9.15 Å². The van der Waals surface area contributed by atoms with E-state index in [1.54, 1.807) is 14.0 Å². The van der Waals surface area contributed by atoms with E-state index in [1.807, 2.05) is 53.1 Å². The van der Waals surface area contributed by atoms with Crippen molar-refractivity contribution in [2.75, 3.05) is 7.11 Å². The molecule has 4 rings (SSSR count). The molecule has 0 amide bonds. The first-order chi connectivity index (χ1) is 13.7. The predicted molar refractivity (Wildman–Crippen MR) is 107 cm³/mol. The van der Waals surface area contributed by atoms with Crippen molar-refractivity contribution in [2.24, 2.45) is 0 Å². The first-order valence-corrected chi connectivity index (χ1v) is 9.78. The second kappa shape index (κ2) is 8.04. The van der Waals surface area contributed by atoms with Gasteiger partial charge in [0, 0.05) is 12.5 Å². The molecule has 2 heterocycles. The zero-order valence-electron chi connectivity index (χ0n) is 15.2. The Labute approximate surface area is 170 Å². The van der Waals surface area contributed by atoms with E-state index in [0.717, 1.165) is 11.3 Å². The van der Waals surface area contributed by atoms with Gasteiger partial charge in [0.15, 0.2) is 11.0 Å².